The molecular weight excluding hydrogens is 432 g/mol. The van der Waals surface area contributed by atoms with Crippen LogP contribution in [0.3, 0.4) is 0 Å². The first-order valence-corrected chi connectivity index (χ1v) is 10.1. The minimum atomic E-state index is -1.78. The lowest BCUT2D eigenvalue weighted by Gasteiger charge is -2.44. The summed E-state index contributed by atoms with van der Waals surface area (Å²) in [5.41, 5.74) is 0.710. The fourth-order valence-electron chi connectivity index (χ4n) is 3.47. The van der Waals surface area contributed by atoms with E-state index in [2.05, 4.69) is 0 Å². The maximum atomic E-state index is 12.1. The molecule has 0 spiro atoms. The number of ether oxygens (including phenoxy) is 4. The van der Waals surface area contributed by atoms with Crippen LogP contribution in [0.1, 0.15) is 5.56 Å². The Hall–Kier alpha value is -1.71. The molecule has 0 aromatic heterocycles. The van der Waals surface area contributed by atoms with E-state index in [0.717, 1.165) is 0 Å². The largest absolute Gasteiger partial charge is 0.463 e. The summed E-state index contributed by atoms with van der Waals surface area (Å²) < 4.78 is 21.0. The van der Waals surface area contributed by atoms with Crippen LogP contribution in [-0.2, 0) is 30.2 Å². The fraction of sp³-hybridized carbons (Fsp3) is 0.650. The Balaban J connectivity index is 1.60. The highest BCUT2D eigenvalue weighted by atomic mass is 16.8. The number of carbonyl (C=O) groups excluding carboxylic acids is 1. The second-order valence-electron chi connectivity index (χ2n) is 7.69. The lowest BCUT2D eigenvalue weighted by atomic mass is 9.98. The molecule has 2 heterocycles. The third kappa shape index (κ3) is 5.61. The molecule has 2 aliphatic rings. The van der Waals surface area contributed by atoms with Crippen molar-refractivity contribution in [2.24, 2.45) is 0 Å². The SMILES string of the molecule is O=C(Cc1ccccc1)OCC1OC(OC2OC(CO)C(O)C(O)C2O)C(O)C(O)C1O. The fourth-order valence-corrected chi connectivity index (χ4v) is 3.47. The van der Waals surface area contributed by atoms with Crippen molar-refractivity contribution in [2.75, 3.05) is 13.2 Å². The third-order valence-electron chi connectivity index (χ3n) is 5.39. The summed E-state index contributed by atoms with van der Waals surface area (Å²) in [6.45, 7) is -1.16. The van der Waals surface area contributed by atoms with Gasteiger partial charge in [-0.05, 0) is 5.56 Å². The minimum absolute atomic E-state index is 0.0281. The van der Waals surface area contributed by atoms with Gasteiger partial charge in [-0.2, -0.15) is 0 Å². The van der Waals surface area contributed by atoms with E-state index < -0.39 is 80.6 Å². The Morgan fingerprint density at radius 1 is 0.781 bits per heavy atom. The van der Waals surface area contributed by atoms with E-state index in [0.29, 0.717) is 5.56 Å². The van der Waals surface area contributed by atoms with E-state index in [1.165, 1.54) is 0 Å². The smallest absolute Gasteiger partial charge is 0.310 e. The van der Waals surface area contributed by atoms with Gasteiger partial charge in [-0.1, -0.05) is 30.3 Å². The molecule has 0 radical (unpaired) electrons. The molecule has 10 atom stereocenters. The van der Waals surface area contributed by atoms with Gasteiger partial charge in [-0.3, -0.25) is 4.79 Å². The topological polar surface area (TPSA) is 196 Å². The maximum Gasteiger partial charge on any atom is 0.310 e. The van der Waals surface area contributed by atoms with Crippen LogP contribution in [0.5, 0.6) is 0 Å². The highest BCUT2D eigenvalue weighted by Gasteiger charge is 2.49. The Morgan fingerprint density at radius 2 is 1.31 bits per heavy atom. The lowest BCUT2D eigenvalue weighted by molar-refractivity contribution is -0.376. The predicted octanol–water partition coefficient (Wildman–Crippen LogP) is -3.60. The first kappa shape index (κ1) is 24.9. The Kier molecular flexibility index (Phi) is 8.52. The van der Waals surface area contributed by atoms with Gasteiger partial charge in [0.1, 0.15) is 55.4 Å². The van der Waals surface area contributed by atoms with Gasteiger partial charge >= 0.3 is 5.97 Å². The summed E-state index contributed by atoms with van der Waals surface area (Å²) in [5, 5.41) is 69.5. The molecule has 1 aromatic carbocycles. The van der Waals surface area contributed by atoms with Crippen molar-refractivity contribution in [3.05, 3.63) is 35.9 Å². The first-order valence-electron chi connectivity index (χ1n) is 10.1. The summed E-state index contributed by atoms with van der Waals surface area (Å²) in [5.74, 6) is -0.612. The van der Waals surface area contributed by atoms with E-state index in [4.69, 9.17) is 18.9 Å². The van der Waals surface area contributed by atoms with Gasteiger partial charge in [-0.25, -0.2) is 0 Å². The van der Waals surface area contributed by atoms with E-state index in [-0.39, 0.29) is 6.42 Å². The molecule has 0 amide bonds. The Morgan fingerprint density at radius 3 is 1.88 bits per heavy atom. The minimum Gasteiger partial charge on any atom is -0.463 e. The van der Waals surface area contributed by atoms with Crippen molar-refractivity contribution >= 4 is 5.97 Å². The van der Waals surface area contributed by atoms with Gasteiger partial charge < -0.3 is 54.7 Å². The van der Waals surface area contributed by atoms with Crippen molar-refractivity contribution in [2.45, 2.75) is 67.8 Å². The summed E-state index contributed by atoms with van der Waals surface area (Å²) in [6.07, 6.45) is -16.1. The molecule has 12 heteroatoms. The number of esters is 1. The van der Waals surface area contributed by atoms with Gasteiger partial charge in [0, 0.05) is 0 Å². The molecule has 1 aromatic rings. The highest BCUT2D eigenvalue weighted by molar-refractivity contribution is 5.72. The summed E-state index contributed by atoms with van der Waals surface area (Å²) >= 11 is 0. The van der Waals surface area contributed by atoms with E-state index >= 15 is 0 Å². The molecule has 2 aliphatic heterocycles. The number of hydrogen-bond acceptors (Lipinski definition) is 12. The summed E-state index contributed by atoms with van der Waals surface area (Å²) in [7, 11) is 0. The van der Waals surface area contributed by atoms with Crippen LogP contribution in [0.25, 0.3) is 0 Å². The molecule has 3 rings (SSSR count). The zero-order valence-electron chi connectivity index (χ0n) is 17.0. The number of hydrogen-bond donors (Lipinski definition) is 7. The van der Waals surface area contributed by atoms with Gasteiger partial charge in [0.2, 0.25) is 0 Å². The van der Waals surface area contributed by atoms with Gasteiger partial charge in [0.25, 0.3) is 0 Å². The van der Waals surface area contributed by atoms with Gasteiger partial charge in [0.05, 0.1) is 13.0 Å². The monoisotopic (exact) mass is 460 g/mol. The molecule has 32 heavy (non-hydrogen) atoms. The molecule has 10 unspecified atom stereocenters. The van der Waals surface area contributed by atoms with Crippen LogP contribution in [0.4, 0.5) is 0 Å². The van der Waals surface area contributed by atoms with Crippen molar-refractivity contribution < 1.29 is 59.5 Å². The maximum absolute atomic E-state index is 12.1. The molecule has 0 saturated carbocycles. The first-order chi connectivity index (χ1) is 15.2. The summed E-state index contributed by atoms with van der Waals surface area (Å²) in [6, 6.07) is 8.78. The molecular formula is C20H28O12. The lowest BCUT2D eigenvalue weighted by Crippen LogP contribution is -2.63. The number of rotatable bonds is 7. The standard InChI is InChI=1S/C20H28O12/c21-7-10-13(23)15(25)17(27)19(30-10)32-20-18(28)16(26)14(24)11(31-20)8-29-12(22)6-9-4-2-1-3-5-9/h1-5,10-11,13-21,23-28H,6-8H2. The number of benzene rings is 1. The van der Waals surface area contributed by atoms with Gasteiger partial charge in [-0.15, -0.1) is 0 Å². The van der Waals surface area contributed by atoms with E-state index in [9.17, 15) is 40.5 Å². The normalized spacial score (nSPS) is 40.1. The van der Waals surface area contributed by atoms with Crippen LogP contribution >= 0.6 is 0 Å². The molecule has 0 bridgehead atoms. The van der Waals surface area contributed by atoms with Crippen LogP contribution in [0.15, 0.2) is 30.3 Å². The van der Waals surface area contributed by atoms with Crippen molar-refractivity contribution in [3.8, 4) is 0 Å². The van der Waals surface area contributed by atoms with Crippen LogP contribution in [0, 0.1) is 0 Å². The molecule has 2 saturated heterocycles. The summed E-state index contributed by atoms with van der Waals surface area (Å²) in [4.78, 5) is 12.1. The zero-order chi connectivity index (χ0) is 23.4. The van der Waals surface area contributed by atoms with Crippen molar-refractivity contribution in [1.29, 1.82) is 0 Å². The van der Waals surface area contributed by atoms with E-state index in [1.54, 1.807) is 30.3 Å². The van der Waals surface area contributed by atoms with Crippen molar-refractivity contribution in [1.82, 2.24) is 0 Å². The molecule has 2 fully saturated rings. The average molecular weight is 460 g/mol. The van der Waals surface area contributed by atoms with Crippen LogP contribution in [-0.4, -0.2) is 116 Å². The Labute approximate surface area is 183 Å². The molecule has 0 aliphatic carbocycles. The highest BCUT2D eigenvalue weighted by Crippen LogP contribution is 2.28. The molecule has 12 nitrogen and oxygen atoms in total. The third-order valence-corrected chi connectivity index (χ3v) is 5.39. The van der Waals surface area contributed by atoms with Crippen LogP contribution < -0.4 is 0 Å². The average Bonchev–Trinajstić information content (AvgIpc) is 2.79. The quantitative estimate of drug-likeness (QED) is 0.198. The molecule has 7 N–H and O–H groups in total. The molecule has 180 valence electrons. The predicted molar refractivity (Wildman–Crippen MR) is 103 cm³/mol. The zero-order valence-corrected chi connectivity index (χ0v) is 17.0. The van der Waals surface area contributed by atoms with Gasteiger partial charge in [0.15, 0.2) is 12.6 Å². The number of aliphatic hydroxyl groups excluding tert-OH is 7. The van der Waals surface area contributed by atoms with E-state index in [1.807, 2.05) is 0 Å². The second kappa shape index (κ2) is 10.9. The number of carbonyl (C=O) groups is 1. The second-order valence-corrected chi connectivity index (χ2v) is 7.69. The number of aliphatic hydroxyl groups is 7. The van der Waals surface area contributed by atoms with Crippen LogP contribution in [0.2, 0.25) is 0 Å². The Bertz CT molecular complexity index is 731. The van der Waals surface area contributed by atoms with Crippen molar-refractivity contribution in [3.63, 3.8) is 0 Å².